The molecule has 6 heteroatoms. The Hall–Kier alpha value is -3.05. The average molecular weight is 383 g/mol. The summed E-state index contributed by atoms with van der Waals surface area (Å²) in [6, 6.07) is 16.8. The zero-order valence-corrected chi connectivity index (χ0v) is 15.8. The Morgan fingerprint density at radius 3 is 2.59 bits per heavy atom. The molecule has 3 aromatic rings. The van der Waals surface area contributed by atoms with Gasteiger partial charge in [-0.25, -0.2) is 5.43 Å². The summed E-state index contributed by atoms with van der Waals surface area (Å²) < 4.78 is 11.3. The Labute approximate surface area is 162 Å². The highest BCUT2D eigenvalue weighted by atomic mass is 35.5. The minimum absolute atomic E-state index is 0.119. The summed E-state index contributed by atoms with van der Waals surface area (Å²) in [5, 5.41) is 4.50. The maximum Gasteiger partial charge on any atom is 0.277 e. The zero-order valence-electron chi connectivity index (χ0n) is 15.0. The lowest BCUT2D eigenvalue weighted by atomic mass is 10.1. The number of aryl methyl sites for hydroxylation is 2. The van der Waals surface area contributed by atoms with Crippen LogP contribution in [0.4, 0.5) is 0 Å². The van der Waals surface area contributed by atoms with Gasteiger partial charge in [-0.2, -0.15) is 5.10 Å². The number of para-hydroxylation sites is 1. The van der Waals surface area contributed by atoms with E-state index in [4.69, 9.17) is 20.8 Å². The summed E-state index contributed by atoms with van der Waals surface area (Å²) in [6.45, 7) is 3.75. The van der Waals surface area contributed by atoms with Crippen LogP contribution in [-0.4, -0.2) is 18.7 Å². The molecule has 0 aliphatic carbocycles. The van der Waals surface area contributed by atoms with E-state index in [9.17, 15) is 4.79 Å². The molecule has 1 aromatic heterocycles. The summed E-state index contributed by atoms with van der Waals surface area (Å²) >= 11 is 6.16. The highest BCUT2D eigenvalue weighted by Crippen LogP contribution is 2.28. The topological polar surface area (TPSA) is 63.8 Å². The second-order valence-electron chi connectivity index (χ2n) is 5.98. The monoisotopic (exact) mass is 382 g/mol. The van der Waals surface area contributed by atoms with Gasteiger partial charge in [-0.3, -0.25) is 4.79 Å². The van der Waals surface area contributed by atoms with Gasteiger partial charge in [0.05, 0.1) is 11.2 Å². The molecule has 0 fully saturated rings. The van der Waals surface area contributed by atoms with Gasteiger partial charge in [0.25, 0.3) is 5.91 Å². The molecule has 138 valence electrons. The molecule has 27 heavy (non-hydrogen) atoms. The predicted octanol–water partition coefficient (Wildman–Crippen LogP) is 4.75. The lowest BCUT2D eigenvalue weighted by molar-refractivity contribution is -0.123. The van der Waals surface area contributed by atoms with Crippen LogP contribution in [0, 0.1) is 13.8 Å². The number of nitrogens with one attached hydrogen (secondary N) is 1. The summed E-state index contributed by atoms with van der Waals surface area (Å²) in [7, 11) is 0. The van der Waals surface area contributed by atoms with Gasteiger partial charge in [0.15, 0.2) is 6.61 Å². The van der Waals surface area contributed by atoms with E-state index in [1.807, 2.05) is 50.2 Å². The van der Waals surface area contributed by atoms with Crippen molar-refractivity contribution in [2.75, 3.05) is 6.61 Å². The van der Waals surface area contributed by atoms with Crippen molar-refractivity contribution in [3.63, 3.8) is 0 Å². The number of furan rings is 1. The van der Waals surface area contributed by atoms with Crippen LogP contribution < -0.4 is 10.2 Å². The second-order valence-corrected chi connectivity index (χ2v) is 6.39. The molecule has 0 unspecified atom stereocenters. The van der Waals surface area contributed by atoms with Gasteiger partial charge < -0.3 is 9.15 Å². The van der Waals surface area contributed by atoms with Crippen molar-refractivity contribution in [1.82, 2.24) is 5.43 Å². The molecule has 5 nitrogen and oxygen atoms in total. The van der Waals surface area contributed by atoms with Gasteiger partial charge in [0.2, 0.25) is 0 Å². The largest absolute Gasteiger partial charge is 0.483 e. The molecule has 0 aliphatic rings. The summed E-state index contributed by atoms with van der Waals surface area (Å²) in [4.78, 5) is 11.9. The standard InChI is InChI=1S/C21H19ClN2O3/c1-14-6-5-7-15(2)21(14)26-13-20(25)24-23-12-16-10-11-19(27-16)17-8-3-4-9-18(17)22/h3-12H,13H2,1-2H3,(H,24,25)/b23-12+. The van der Waals surface area contributed by atoms with Crippen molar-refractivity contribution in [3.8, 4) is 17.1 Å². The van der Waals surface area contributed by atoms with E-state index in [0.29, 0.717) is 22.3 Å². The number of halogens is 1. The van der Waals surface area contributed by atoms with Gasteiger partial charge in [-0.15, -0.1) is 0 Å². The van der Waals surface area contributed by atoms with Crippen LogP contribution in [0.15, 0.2) is 64.1 Å². The van der Waals surface area contributed by atoms with Crippen molar-refractivity contribution < 1.29 is 13.9 Å². The van der Waals surface area contributed by atoms with Crippen molar-refractivity contribution in [2.24, 2.45) is 5.10 Å². The van der Waals surface area contributed by atoms with Gasteiger partial charge in [-0.1, -0.05) is 41.9 Å². The Morgan fingerprint density at radius 1 is 1.11 bits per heavy atom. The molecule has 1 heterocycles. The summed E-state index contributed by atoms with van der Waals surface area (Å²) in [5.41, 5.74) is 5.18. The van der Waals surface area contributed by atoms with Gasteiger partial charge in [-0.05, 0) is 49.2 Å². The van der Waals surface area contributed by atoms with Crippen molar-refractivity contribution >= 4 is 23.7 Å². The molecule has 0 bridgehead atoms. The minimum atomic E-state index is -0.355. The molecule has 1 N–H and O–H groups in total. The SMILES string of the molecule is Cc1cccc(C)c1OCC(=O)N/N=C/c1ccc(-c2ccccc2Cl)o1. The van der Waals surface area contributed by atoms with E-state index in [-0.39, 0.29) is 12.5 Å². The molecule has 0 atom stereocenters. The Morgan fingerprint density at radius 2 is 1.85 bits per heavy atom. The summed E-state index contributed by atoms with van der Waals surface area (Å²) in [5.74, 6) is 1.49. The molecule has 0 aliphatic heterocycles. The maximum absolute atomic E-state index is 11.9. The van der Waals surface area contributed by atoms with Crippen LogP contribution in [0.3, 0.4) is 0 Å². The van der Waals surface area contributed by atoms with Crippen LogP contribution in [0.5, 0.6) is 5.75 Å². The van der Waals surface area contributed by atoms with Gasteiger partial charge in [0, 0.05) is 5.56 Å². The number of carbonyl (C=O) groups is 1. The number of amides is 1. The average Bonchev–Trinajstić information content (AvgIpc) is 3.10. The number of hydrogen-bond acceptors (Lipinski definition) is 4. The molecular formula is C21H19ClN2O3. The number of ether oxygens (including phenoxy) is 1. The van der Waals surface area contributed by atoms with Crippen LogP contribution in [0.2, 0.25) is 5.02 Å². The fourth-order valence-corrected chi connectivity index (χ4v) is 2.82. The predicted molar refractivity (Wildman–Crippen MR) is 106 cm³/mol. The molecular weight excluding hydrogens is 364 g/mol. The Kier molecular flexibility index (Phi) is 5.94. The third kappa shape index (κ3) is 4.77. The molecule has 0 saturated carbocycles. The first kappa shape index (κ1) is 18.7. The van der Waals surface area contributed by atoms with Crippen LogP contribution in [-0.2, 0) is 4.79 Å². The highest BCUT2D eigenvalue weighted by molar-refractivity contribution is 6.33. The second kappa shape index (κ2) is 8.56. The summed E-state index contributed by atoms with van der Waals surface area (Å²) in [6.07, 6.45) is 1.43. The number of hydrazone groups is 1. The number of carbonyl (C=O) groups excluding carboxylic acids is 1. The third-order valence-corrected chi connectivity index (χ3v) is 4.23. The maximum atomic E-state index is 11.9. The molecule has 0 saturated heterocycles. The number of rotatable bonds is 6. The molecule has 0 spiro atoms. The fourth-order valence-electron chi connectivity index (χ4n) is 2.59. The van der Waals surface area contributed by atoms with Crippen molar-refractivity contribution in [1.29, 1.82) is 0 Å². The van der Waals surface area contributed by atoms with E-state index in [1.165, 1.54) is 6.21 Å². The van der Waals surface area contributed by atoms with E-state index in [2.05, 4.69) is 10.5 Å². The normalized spacial score (nSPS) is 10.9. The minimum Gasteiger partial charge on any atom is -0.483 e. The van der Waals surface area contributed by atoms with Crippen LogP contribution in [0.1, 0.15) is 16.9 Å². The zero-order chi connectivity index (χ0) is 19.2. The van der Waals surface area contributed by atoms with E-state index >= 15 is 0 Å². The van der Waals surface area contributed by atoms with Crippen LogP contribution in [0.25, 0.3) is 11.3 Å². The van der Waals surface area contributed by atoms with Gasteiger partial charge >= 0.3 is 0 Å². The lowest BCUT2D eigenvalue weighted by Crippen LogP contribution is -2.24. The molecule has 1 amide bonds. The van der Waals surface area contributed by atoms with E-state index in [1.54, 1.807) is 18.2 Å². The quantitative estimate of drug-likeness (QED) is 0.494. The molecule has 2 aromatic carbocycles. The third-order valence-electron chi connectivity index (χ3n) is 3.90. The van der Waals surface area contributed by atoms with Crippen LogP contribution >= 0.6 is 11.6 Å². The molecule has 0 radical (unpaired) electrons. The fraction of sp³-hybridized carbons (Fsp3) is 0.143. The Bertz CT molecular complexity index is 959. The first-order chi connectivity index (χ1) is 13.0. The number of hydrogen-bond donors (Lipinski definition) is 1. The van der Waals surface area contributed by atoms with E-state index in [0.717, 1.165) is 16.7 Å². The van der Waals surface area contributed by atoms with Crippen molar-refractivity contribution in [2.45, 2.75) is 13.8 Å². The highest BCUT2D eigenvalue weighted by Gasteiger charge is 2.08. The number of benzene rings is 2. The Balaban J connectivity index is 1.55. The molecule has 3 rings (SSSR count). The number of nitrogens with zero attached hydrogens (tertiary/aromatic N) is 1. The van der Waals surface area contributed by atoms with E-state index < -0.39 is 0 Å². The first-order valence-electron chi connectivity index (χ1n) is 8.40. The lowest BCUT2D eigenvalue weighted by Gasteiger charge is -2.10. The smallest absolute Gasteiger partial charge is 0.277 e. The van der Waals surface area contributed by atoms with Crippen molar-refractivity contribution in [3.05, 3.63) is 76.5 Å². The first-order valence-corrected chi connectivity index (χ1v) is 8.78. The van der Waals surface area contributed by atoms with Gasteiger partial charge in [0.1, 0.15) is 17.3 Å².